The van der Waals surface area contributed by atoms with Crippen LogP contribution in [-0.2, 0) is 6.54 Å². The average molecular weight is 245 g/mol. The molecule has 0 radical (unpaired) electrons. The number of likely N-dealkylation sites (tertiary alicyclic amines) is 1. The molecule has 2 heterocycles. The molecule has 0 unspecified atom stereocenters. The SMILES string of the molecule is CC1(C)CCCN(Cc2csc(Cl)n2)C1. The van der Waals surface area contributed by atoms with E-state index in [0.29, 0.717) is 9.88 Å². The van der Waals surface area contributed by atoms with Crippen LogP contribution in [0.15, 0.2) is 5.38 Å². The van der Waals surface area contributed by atoms with Crippen molar-refractivity contribution in [2.45, 2.75) is 33.2 Å². The lowest BCUT2D eigenvalue weighted by Gasteiger charge is -2.37. The Labute approximate surface area is 100 Å². The predicted molar refractivity (Wildman–Crippen MR) is 65.4 cm³/mol. The minimum Gasteiger partial charge on any atom is -0.297 e. The lowest BCUT2D eigenvalue weighted by molar-refractivity contribution is 0.111. The van der Waals surface area contributed by atoms with E-state index in [1.54, 1.807) is 0 Å². The molecule has 1 saturated heterocycles. The number of rotatable bonds is 2. The number of halogens is 1. The summed E-state index contributed by atoms with van der Waals surface area (Å²) in [5.74, 6) is 0. The van der Waals surface area contributed by atoms with Gasteiger partial charge < -0.3 is 0 Å². The van der Waals surface area contributed by atoms with Gasteiger partial charge in [-0.2, -0.15) is 0 Å². The molecule has 1 fully saturated rings. The third kappa shape index (κ3) is 3.16. The van der Waals surface area contributed by atoms with Gasteiger partial charge in [0.05, 0.1) is 5.69 Å². The number of thiazole rings is 1. The van der Waals surface area contributed by atoms with Crippen molar-refractivity contribution in [2.24, 2.45) is 5.41 Å². The van der Waals surface area contributed by atoms with Crippen LogP contribution in [0.4, 0.5) is 0 Å². The highest BCUT2D eigenvalue weighted by molar-refractivity contribution is 7.13. The van der Waals surface area contributed by atoms with Gasteiger partial charge >= 0.3 is 0 Å². The van der Waals surface area contributed by atoms with E-state index >= 15 is 0 Å². The molecule has 1 aromatic rings. The average Bonchev–Trinajstić information content (AvgIpc) is 2.49. The van der Waals surface area contributed by atoms with Gasteiger partial charge in [-0.1, -0.05) is 25.4 Å². The van der Waals surface area contributed by atoms with Crippen molar-refractivity contribution >= 4 is 22.9 Å². The van der Waals surface area contributed by atoms with E-state index in [1.165, 1.54) is 37.3 Å². The van der Waals surface area contributed by atoms with Gasteiger partial charge in [0.2, 0.25) is 0 Å². The molecule has 1 aliphatic heterocycles. The van der Waals surface area contributed by atoms with Gasteiger partial charge in [0.15, 0.2) is 4.47 Å². The number of aromatic nitrogens is 1. The number of hydrogen-bond donors (Lipinski definition) is 0. The second-order valence-electron chi connectivity index (χ2n) is 5.07. The number of hydrogen-bond acceptors (Lipinski definition) is 3. The number of piperidine rings is 1. The van der Waals surface area contributed by atoms with Crippen LogP contribution in [0, 0.1) is 5.41 Å². The second kappa shape index (κ2) is 4.40. The minimum absolute atomic E-state index is 0.456. The zero-order valence-electron chi connectivity index (χ0n) is 9.29. The van der Waals surface area contributed by atoms with E-state index in [4.69, 9.17) is 11.6 Å². The molecule has 0 N–H and O–H groups in total. The molecule has 1 aliphatic rings. The first-order valence-corrected chi connectivity index (χ1v) is 6.63. The molecular formula is C11H17ClN2S. The normalized spacial score (nSPS) is 21.8. The lowest BCUT2D eigenvalue weighted by atomic mass is 9.84. The van der Waals surface area contributed by atoms with Crippen molar-refractivity contribution in [1.29, 1.82) is 0 Å². The monoisotopic (exact) mass is 244 g/mol. The van der Waals surface area contributed by atoms with Crippen LogP contribution in [0.25, 0.3) is 0 Å². The van der Waals surface area contributed by atoms with Crippen LogP contribution in [0.1, 0.15) is 32.4 Å². The summed E-state index contributed by atoms with van der Waals surface area (Å²) >= 11 is 7.34. The fraction of sp³-hybridized carbons (Fsp3) is 0.727. The van der Waals surface area contributed by atoms with Gasteiger partial charge in [-0.05, 0) is 24.8 Å². The Bertz CT molecular complexity index is 335. The fourth-order valence-corrected chi connectivity index (χ4v) is 3.04. The third-order valence-electron chi connectivity index (χ3n) is 2.89. The van der Waals surface area contributed by atoms with Crippen LogP contribution in [-0.4, -0.2) is 23.0 Å². The van der Waals surface area contributed by atoms with E-state index in [2.05, 4.69) is 29.1 Å². The molecule has 84 valence electrons. The molecule has 0 spiro atoms. The van der Waals surface area contributed by atoms with E-state index in [0.717, 1.165) is 12.2 Å². The van der Waals surface area contributed by atoms with Crippen LogP contribution in [0.2, 0.25) is 4.47 Å². The zero-order chi connectivity index (χ0) is 10.9. The van der Waals surface area contributed by atoms with Crippen molar-refractivity contribution in [2.75, 3.05) is 13.1 Å². The minimum atomic E-state index is 0.456. The Balaban J connectivity index is 1.95. The Kier molecular flexibility index (Phi) is 3.33. The summed E-state index contributed by atoms with van der Waals surface area (Å²) in [5.41, 5.74) is 1.57. The van der Waals surface area contributed by atoms with Crippen LogP contribution in [0.3, 0.4) is 0 Å². The smallest absolute Gasteiger partial charge is 0.183 e. The third-order valence-corrected chi connectivity index (χ3v) is 3.92. The first-order chi connectivity index (χ1) is 7.05. The van der Waals surface area contributed by atoms with Crippen molar-refractivity contribution < 1.29 is 0 Å². The summed E-state index contributed by atoms with van der Waals surface area (Å²) < 4.78 is 0.654. The Hall–Kier alpha value is -0.120. The molecule has 0 aromatic carbocycles. The van der Waals surface area contributed by atoms with Crippen LogP contribution < -0.4 is 0 Å². The zero-order valence-corrected chi connectivity index (χ0v) is 10.9. The summed E-state index contributed by atoms with van der Waals surface area (Å²) in [6, 6.07) is 0. The highest BCUT2D eigenvalue weighted by Crippen LogP contribution is 2.29. The highest BCUT2D eigenvalue weighted by atomic mass is 35.5. The molecular weight excluding hydrogens is 228 g/mol. The van der Waals surface area contributed by atoms with Crippen LogP contribution in [0.5, 0.6) is 0 Å². The maximum absolute atomic E-state index is 5.82. The molecule has 0 saturated carbocycles. The standard InChI is InChI=1S/C11H17ClN2S/c1-11(2)4-3-5-14(8-11)6-9-7-15-10(12)13-9/h7H,3-6,8H2,1-2H3. The van der Waals surface area contributed by atoms with Crippen molar-refractivity contribution in [3.63, 3.8) is 0 Å². The maximum atomic E-state index is 5.82. The molecule has 0 atom stereocenters. The topological polar surface area (TPSA) is 16.1 Å². The van der Waals surface area contributed by atoms with Crippen LogP contribution >= 0.6 is 22.9 Å². The maximum Gasteiger partial charge on any atom is 0.183 e. The molecule has 1 aromatic heterocycles. The molecule has 15 heavy (non-hydrogen) atoms. The molecule has 0 amide bonds. The van der Waals surface area contributed by atoms with E-state index in [9.17, 15) is 0 Å². The first-order valence-electron chi connectivity index (χ1n) is 5.37. The van der Waals surface area contributed by atoms with Gasteiger partial charge in [0.25, 0.3) is 0 Å². The fourth-order valence-electron chi connectivity index (χ4n) is 2.26. The van der Waals surface area contributed by atoms with Gasteiger partial charge in [-0.25, -0.2) is 4.98 Å². The van der Waals surface area contributed by atoms with Gasteiger partial charge in [-0.15, -0.1) is 11.3 Å². The molecule has 2 rings (SSSR count). The molecule has 4 heteroatoms. The van der Waals surface area contributed by atoms with E-state index in [1.807, 2.05) is 0 Å². The van der Waals surface area contributed by atoms with Crippen molar-refractivity contribution in [1.82, 2.24) is 9.88 Å². The Morgan fingerprint density at radius 2 is 2.40 bits per heavy atom. The summed E-state index contributed by atoms with van der Waals surface area (Å²) in [7, 11) is 0. The molecule has 2 nitrogen and oxygen atoms in total. The summed E-state index contributed by atoms with van der Waals surface area (Å²) in [4.78, 5) is 6.78. The van der Waals surface area contributed by atoms with Gasteiger partial charge in [0, 0.05) is 18.5 Å². The van der Waals surface area contributed by atoms with Crippen molar-refractivity contribution in [3.05, 3.63) is 15.5 Å². The first kappa shape index (κ1) is 11.4. The quantitative estimate of drug-likeness (QED) is 0.793. The van der Waals surface area contributed by atoms with E-state index < -0.39 is 0 Å². The summed E-state index contributed by atoms with van der Waals surface area (Å²) in [5, 5.41) is 2.06. The second-order valence-corrected chi connectivity index (χ2v) is 6.51. The Morgan fingerprint density at radius 3 is 3.00 bits per heavy atom. The van der Waals surface area contributed by atoms with Gasteiger partial charge in [0.1, 0.15) is 0 Å². The molecule has 0 aliphatic carbocycles. The lowest BCUT2D eigenvalue weighted by Crippen LogP contribution is -2.39. The Morgan fingerprint density at radius 1 is 1.60 bits per heavy atom. The van der Waals surface area contributed by atoms with Gasteiger partial charge in [-0.3, -0.25) is 4.90 Å². The predicted octanol–water partition coefficient (Wildman–Crippen LogP) is 3.42. The summed E-state index contributed by atoms with van der Waals surface area (Å²) in [6.45, 7) is 7.99. The largest absolute Gasteiger partial charge is 0.297 e. The van der Waals surface area contributed by atoms with E-state index in [-0.39, 0.29) is 0 Å². The molecule has 0 bridgehead atoms. The number of nitrogens with zero attached hydrogens (tertiary/aromatic N) is 2. The summed E-state index contributed by atoms with van der Waals surface area (Å²) in [6.07, 6.45) is 2.63. The highest BCUT2D eigenvalue weighted by Gasteiger charge is 2.26. The van der Waals surface area contributed by atoms with Crippen molar-refractivity contribution in [3.8, 4) is 0 Å².